The van der Waals surface area contributed by atoms with Crippen molar-refractivity contribution in [3.63, 3.8) is 0 Å². The molecule has 2 aliphatic heterocycles. The molecule has 158 valence electrons. The van der Waals surface area contributed by atoms with Gasteiger partial charge in [0.1, 0.15) is 16.5 Å². The Bertz CT molecular complexity index is 988. The monoisotopic (exact) mass is 424 g/mol. The molecule has 1 unspecified atom stereocenters. The summed E-state index contributed by atoms with van der Waals surface area (Å²) in [5.74, 6) is 1.97. The molecule has 2 saturated heterocycles. The quantitative estimate of drug-likeness (QED) is 0.621. The van der Waals surface area contributed by atoms with Crippen LogP contribution in [0.2, 0.25) is 0 Å². The van der Waals surface area contributed by atoms with Crippen LogP contribution in [0.4, 0.5) is 5.82 Å². The van der Waals surface area contributed by atoms with Crippen molar-refractivity contribution in [3.05, 3.63) is 41.5 Å². The smallest absolute Gasteiger partial charge is 0.146 e. The molecule has 0 N–H and O–H groups in total. The Morgan fingerprint density at radius 1 is 1.03 bits per heavy atom. The van der Waals surface area contributed by atoms with Crippen LogP contribution in [0.5, 0.6) is 0 Å². The van der Waals surface area contributed by atoms with Crippen molar-refractivity contribution in [2.75, 3.05) is 51.0 Å². The molecule has 3 aromatic rings. The number of fused-ring (bicyclic) bond motifs is 1. The molecule has 5 rings (SSSR count). The molecule has 0 aliphatic carbocycles. The molecule has 4 heterocycles. The lowest BCUT2D eigenvalue weighted by molar-refractivity contribution is 0.0331. The van der Waals surface area contributed by atoms with Gasteiger partial charge in [-0.2, -0.15) is 0 Å². The number of hydrogen-bond acceptors (Lipinski definition) is 7. The fourth-order valence-corrected chi connectivity index (χ4v) is 5.27. The highest BCUT2D eigenvalue weighted by Crippen LogP contribution is 2.39. The average molecular weight is 425 g/mol. The first-order valence-corrected chi connectivity index (χ1v) is 11.7. The van der Waals surface area contributed by atoms with Crippen LogP contribution in [0.25, 0.3) is 21.3 Å². The molecule has 1 atom stereocenters. The summed E-state index contributed by atoms with van der Waals surface area (Å²) in [6.07, 6.45) is 1.04. The van der Waals surface area contributed by atoms with Crippen LogP contribution in [0.3, 0.4) is 0 Å². The van der Waals surface area contributed by atoms with Crippen molar-refractivity contribution < 1.29 is 9.47 Å². The predicted octanol–water partition coefficient (Wildman–Crippen LogP) is 3.81. The van der Waals surface area contributed by atoms with Crippen LogP contribution >= 0.6 is 11.3 Å². The maximum atomic E-state index is 5.78. The van der Waals surface area contributed by atoms with E-state index >= 15 is 0 Å². The standard InChI is InChI=1S/C23H28N4O2S/c1-2-18-15-29-13-10-27(18)22-21-19(17-6-4-3-5-7-17)16-30-23(21)25-20(24-22)14-26-8-11-28-12-9-26/h3-7,16,18H,2,8-15H2,1H3. The van der Waals surface area contributed by atoms with E-state index in [1.165, 1.54) is 16.5 Å². The molecule has 2 fully saturated rings. The van der Waals surface area contributed by atoms with Crippen molar-refractivity contribution in [1.82, 2.24) is 14.9 Å². The molecule has 0 amide bonds. The number of thiophene rings is 1. The second kappa shape index (κ2) is 8.98. The zero-order valence-corrected chi connectivity index (χ0v) is 18.2. The summed E-state index contributed by atoms with van der Waals surface area (Å²) in [6.45, 7) is 8.80. The highest BCUT2D eigenvalue weighted by molar-refractivity contribution is 7.17. The zero-order chi connectivity index (χ0) is 20.3. The molecular formula is C23H28N4O2S. The van der Waals surface area contributed by atoms with Gasteiger partial charge in [0, 0.05) is 30.6 Å². The topological polar surface area (TPSA) is 50.7 Å². The Kier molecular flexibility index (Phi) is 5.95. The van der Waals surface area contributed by atoms with Crippen LogP contribution < -0.4 is 4.90 Å². The van der Waals surface area contributed by atoms with E-state index in [2.05, 4.69) is 52.4 Å². The number of ether oxygens (including phenoxy) is 2. The van der Waals surface area contributed by atoms with Crippen molar-refractivity contribution in [3.8, 4) is 11.1 Å². The minimum Gasteiger partial charge on any atom is -0.379 e. The van der Waals surface area contributed by atoms with Crippen LogP contribution in [0.1, 0.15) is 19.2 Å². The minimum atomic E-state index is 0.344. The Labute approximate surface area is 181 Å². The number of benzene rings is 1. The summed E-state index contributed by atoms with van der Waals surface area (Å²) in [5, 5.41) is 3.41. The summed E-state index contributed by atoms with van der Waals surface area (Å²) < 4.78 is 11.3. The molecule has 0 saturated carbocycles. The molecule has 7 heteroatoms. The van der Waals surface area contributed by atoms with Crippen molar-refractivity contribution in [2.45, 2.75) is 25.9 Å². The number of aromatic nitrogens is 2. The molecule has 0 radical (unpaired) electrons. The lowest BCUT2D eigenvalue weighted by Gasteiger charge is -2.36. The molecule has 1 aromatic carbocycles. The fraction of sp³-hybridized carbons (Fsp3) is 0.478. The molecule has 6 nitrogen and oxygen atoms in total. The van der Waals surface area contributed by atoms with Gasteiger partial charge in [-0.3, -0.25) is 4.90 Å². The Balaban J connectivity index is 1.61. The molecular weight excluding hydrogens is 396 g/mol. The van der Waals surface area contributed by atoms with Crippen LogP contribution in [-0.2, 0) is 16.0 Å². The highest BCUT2D eigenvalue weighted by Gasteiger charge is 2.27. The van der Waals surface area contributed by atoms with Gasteiger partial charge in [0.25, 0.3) is 0 Å². The fourth-order valence-electron chi connectivity index (χ4n) is 4.31. The van der Waals surface area contributed by atoms with Crippen LogP contribution in [0.15, 0.2) is 35.7 Å². The third-order valence-electron chi connectivity index (χ3n) is 5.99. The number of rotatable bonds is 5. The Morgan fingerprint density at radius 2 is 1.83 bits per heavy atom. The van der Waals surface area contributed by atoms with E-state index in [1.54, 1.807) is 11.3 Å². The third kappa shape index (κ3) is 3.95. The van der Waals surface area contributed by atoms with E-state index in [-0.39, 0.29) is 0 Å². The number of morpholine rings is 2. The minimum absolute atomic E-state index is 0.344. The van der Waals surface area contributed by atoms with Crippen molar-refractivity contribution in [1.29, 1.82) is 0 Å². The van der Waals surface area contributed by atoms with Gasteiger partial charge < -0.3 is 14.4 Å². The van der Waals surface area contributed by atoms with E-state index in [4.69, 9.17) is 19.4 Å². The first-order valence-electron chi connectivity index (χ1n) is 10.8. The summed E-state index contributed by atoms with van der Waals surface area (Å²) >= 11 is 1.72. The first kappa shape index (κ1) is 19.9. The average Bonchev–Trinajstić information content (AvgIpc) is 3.24. The number of hydrogen-bond donors (Lipinski definition) is 0. The van der Waals surface area contributed by atoms with E-state index in [0.717, 1.165) is 75.5 Å². The molecule has 0 spiro atoms. The second-order valence-corrected chi connectivity index (χ2v) is 8.74. The van der Waals surface area contributed by atoms with E-state index < -0.39 is 0 Å². The van der Waals surface area contributed by atoms with E-state index in [9.17, 15) is 0 Å². The number of nitrogens with zero attached hydrogens (tertiary/aromatic N) is 4. The zero-order valence-electron chi connectivity index (χ0n) is 17.4. The second-order valence-electron chi connectivity index (χ2n) is 7.88. The highest BCUT2D eigenvalue weighted by atomic mass is 32.1. The largest absolute Gasteiger partial charge is 0.379 e. The summed E-state index contributed by atoms with van der Waals surface area (Å²) in [6, 6.07) is 10.9. The molecule has 30 heavy (non-hydrogen) atoms. The normalized spacial score (nSPS) is 20.7. The first-order chi connectivity index (χ1) is 14.8. The molecule has 2 aliphatic rings. The lowest BCUT2D eigenvalue weighted by atomic mass is 10.0. The van der Waals surface area contributed by atoms with E-state index in [0.29, 0.717) is 6.04 Å². The summed E-state index contributed by atoms with van der Waals surface area (Å²) in [4.78, 5) is 16.1. The van der Waals surface area contributed by atoms with Gasteiger partial charge in [-0.1, -0.05) is 37.3 Å². The maximum Gasteiger partial charge on any atom is 0.146 e. The number of anilines is 1. The summed E-state index contributed by atoms with van der Waals surface area (Å²) in [7, 11) is 0. The van der Waals surface area contributed by atoms with Gasteiger partial charge in [0.05, 0.1) is 44.4 Å². The van der Waals surface area contributed by atoms with Crippen LogP contribution in [-0.4, -0.2) is 67.0 Å². The van der Waals surface area contributed by atoms with Gasteiger partial charge in [-0.05, 0) is 12.0 Å². The Hall–Kier alpha value is -2.06. The van der Waals surface area contributed by atoms with Gasteiger partial charge in [0.2, 0.25) is 0 Å². The molecule has 2 aromatic heterocycles. The maximum absolute atomic E-state index is 5.78. The van der Waals surface area contributed by atoms with Gasteiger partial charge >= 0.3 is 0 Å². The predicted molar refractivity (Wildman–Crippen MR) is 121 cm³/mol. The lowest BCUT2D eigenvalue weighted by Crippen LogP contribution is -2.46. The van der Waals surface area contributed by atoms with Crippen molar-refractivity contribution in [2.24, 2.45) is 0 Å². The van der Waals surface area contributed by atoms with Gasteiger partial charge in [-0.15, -0.1) is 11.3 Å². The summed E-state index contributed by atoms with van der Waals surface area (Å²) in [5.41, 5.74) is 2.45. The van der Waals surface area contributed by atoms with Crippen molar-refractivity contribution >= 4 is 27.4 Å². The Morgan fingerprint density at radius 3 is 2.63 bits per heavy atom. The van der Waals surface area contributed by atoms with E-state index in [1.807, 2.05) is 0 Å². The molecule has 0 bridgehead atoms. The third-order valence-corrected chi connectivity index (χ3v) is 6.86. The van der Waals surface area contributed by atoms with Crippen LogP contribution in [0, 0.1) is 0 Å². The van der Waals surface area contributed by atoms with Gasteiger partial charge in [0.15, 0.2) is 0 Å². The SMILES string of the molecule is CCC1COCCN1c1nc(CN2CCOCC2)nc2scc(-c3ccccc3)c12. The van der Waals surface area contributed by atoms with Gasteiger partial charge in [-0.25, -0.2) is 9.97 Å².